The SMILES string of the molecule is CCNc1ccccc1S(=O)(=O)NCc1cn[nH]c1C. The topological polar surface area (TPSA) is 86.9 Å². The molecule has 0 bridgehead atoms. The quantitative estimate of drug-likeness (QED) is 0.755. The molecule has 0 radical (unpaired) electrons. The number of rotatable bonds is 6. The van der Waals surface area contributed by atoms with Crippen LogP contribution in [0.15, 0.2) is 35.4 Å². The Morgan fingerprint density at radius 2 is 2.05 bits per heavy atom. The summed E-state index contributed by atoms with van der Waals surface area (Å²) in [7, 11) is -3.56. The molecule has 108 valence electrons. The third-order valence-electron chi connectivity index (χ3n) is 2.93. The van der Waals surface area contributed by atoms with Gasteiger partial charge >= 0.3 is 0 Å². The molecular weight excluding hydrogens is 276 g/mol. The first-order valence-corrected chi connectivity index (χ1v) is 7.84. The lowest BCUT2D eigenvalue weighted by molar-refractivity contribution is 0.581. The van der Waals surface area contributed by atoms with E-state index >= 15 is 0 Å². The average molecular weight is 294 g/mol. The summed E-state index contributed by atoms with van der Waals surface area (Å²) in [6.45, 7) is 4.65. The van der Waals surface area contributed by atoms with E-state index in [9.17, 15) is 8.42 Å². The average Bonchev–Trinajstić information content (AvgIpc) is 2.83. The zero-order valence-corrected chi connectivity index (χ0v) is 12.3. The van der Waals surface area contributed by atoms with Crippen LogP contribution in [0.4, 0.5) is 5.69 Å². The minimum atomic E-state index is -3.56. The number of anilines is 1. The fourth-order valence-electron chi connectivity index (χ4n) is 1.84. The molecule has 0 saturated carbocycles. The highest BCUT2D eigenvalue weighted by Gasteiger charge is 2.18. The Kier molecular flexibility index (Phi) is 4.41. The van der Waals surface area contributed by atoms with Gasteiger partial charge in [0.1, 0.15) is 4.90 Å². The number of para-hydroxylation sites is 1. The van der Waals surface area contributed by atoms with Gasteiger partial charge in [0.05, 0.1) is 11.9 Å². The number of hydrogen-bond acceptors (Lipinski definition) is 4. The van der Waals surface area contributed by atoms with Gasteiger partial charge in [-0.25, -0.2) is 13.1 Å². The molecule has 1 heterocycles. The van der Waals surface area contributed by atoms with Gasteiger partial charge in [-0.15, -0.1) is 0 Å². The Morgan fingerprint density at radius 1 is 1.30 bits per heavy atom. The van der Waals surface area contributed by atoms with Gasteiger partial charge in [-0.2, -0.15) is 5.10 Å². The molecular formula is C13H18N4O2S. The van der Waals surface area contributed by atoms with Crippen LogP contribution in [0.3, 0.4) is 0 Å². The molecule has 0 amide bonds. The molecule has 0 unspecified atom stereocenters. The highest BCUT2D eigenvalue weighted by molar-refractivity contribution is 7.89. The number of nitrogens with zero attached hydrogens (tertiary/aromatic N) is 1. The maximum Gasteiger partial charge on any atom is 0.242 e. The molecule has 2 aromatic rings. The summed E-state index contributed by atoms with van der Waals surface area (Å²) >= 11 is 0. The molecule has 0 saturated heterocycles. The molecule has 0 aliphatic rings. The van der Waals surface area contributed by atoms with E-state index in [1.54, 1.807) is 30.5 Å². The minimum Gasteiger partial charge on any atom is -0.384 e. The van der Waals surface area contributed by atoms with Crippen LogP contribution in [0.2, 0.25) is 0 Å². The summed E-state index contributed by atoms with van der Waals surface area (Å²) in [5.41, 5.74) is 2.29. The van der Waals surface area contributed by atoms with Gasteiger partial charge in [0.25, 0.3) is 0 Å². The van der Waals surface area contributed by atoms with Crippen molar-refractivity contribution in [1.82, 2.24) is 14.9 Å². The summed E-state index contributed by atoms with van der Waals surface area (Å²) in [5, 5.41) is 9.70. The van der Waals surface area contributed by atoms with E-state index in [4.69, 9.17) is 0 Å². The number of aromatic nitrogens is 2. The van der Waals surface area contributed by atoms with E-state index in [2.05, 4.69) is 20.2 Å². The van der Waals surface area contributed by atoms with E-state index < -0.39 is 10.0 Å². The van der Waals surface area contributed by atoms with Crippen LogP contribution in [0.25, 0.3) is 0 Å². The van der Waals surface area contributed by atoms with Crippen LogP contribution >= 0.6 is 0 Å². The molecule has 0 fully saturated rings. The van der Waals surface area contributed by atoms with Gasteiger partial charge in [-0.05, 0) is 26.0 Å². The molecule has 0 spiro atoms. The Bertz CT molecular complexity index is 679. The van der Waals surface area contributed by atoms with Gasteiger partial charge in [0.15, 0.2) is 0 Å². The first-order valence-electron chi connectivity index (χ1n) is 6.36. The van der Waals surface area contributed by atoms with Crippen molar-refractivity contribution in [2.75, 3.05) is 11.9 Å². The molecule has 1 aromatic carbocycles. The second-order valence-corrected chi connectivity index (χ2v) is 6.11. The predicted octanol–water partition coefficient (Wildman–Crippen LogP) is 1.63. The van der Waals surface area contributed by atoms with Crippen LogP contribution in [0.1, 0.15) is 18.2 Å². The first-order chi connectivity index (χ1) is 9.54. The maximum atomic E-state index is 12.4. The number of aromatic amines is 1. The van der Waals surface area contributed by atoms with Crippen molar-refractivity contribution >= 4 is 15.7 Å². The summed E-state index contributed by atoms with van der Waals surface area (Å²) in [6, 6.07) is 6.85. The van der Waals surface area contributed by atoms with Crippen molar-refractivity contribution in [2.24, 2.45) is 0 Å². The number of H-pyrrole nitrogens is 1. The number of benzene rings is 1. The molecule has 2 rings (SSSR count). The summed E-state index contributed by atoms with van der Waals surface area (Å²) in [4.78, 5) is 0.253. The van der Waals surface area contributed by atoms with E-state index in [1.807, 2.05) is 13.8 Å². The lowest BCUT2D eigenvalue weighted by atomic mass is 10.3. The van der Waals surface area contributed by atoms with E-state index in [0.29, 0.717) is 12.2 Å². The Balaban J connectivity index is 2.20. The molecule has 0 aliphatic carbocycles. The molecule has 6 nitrogen and oxygen atoms in total. The zero-order valence-electron chi connectivity index (χ0n) is 11.5. The number of hydrogen-bond donors (Lipinski definition) is 3. The summed E-state index contributed by atoms with van der Waals surface area (Å²) in [6.07, 6.45) is 1.62. The van der Waals surface area contributed by atoms with Gasteiger partial charge in [-0.1, -0.05) is 12.1 Å². The molecule has 0 atom stereocenters. The second-order valence-electron chi connectivity index (χ2n) is 4.37. The normalized spacial score (nSPS) is 11.5. The molecule has 0 aliphatic heterocycles. The molecule has 7 heteroatoms. The van der Waals surface area contributed by atoms with Crippen LogP contribution in [0.5, 0.6) is 0 Å². The van der Waals surface area contributed by atoms with Crippen LogP contribution < -0.4 is 10.0 Å². The Labute approximate surface area is 118 Å². The van der Waals surface area contributed by atoms with Crippen molar-refractivity contribution in [3.05, 3.63) is 41.7 Å². The van der Waals surface area contributed by atoms with Crippen molar-refractivity contribution in [1.29, 1.82) is 0 Å². The summed E-state index contributed by atoms with van der Waals surface area (Å²) in [5.74, 6) is 0. The Hall–Kier alpha value is -1.86. The van der Waals surface area contributed by atoms with Gasteiger partial charge < -0.3 is 5.32 Å². The van der Waals surface area contributed by atoms with Crippen molar-refractivity contribution < 1.29 is 8.42 Å². The van der Waals surface area contributed by atoms with Gasteiger partial charge in [0.2, 0.25) is 10.0 Å². The number of nitrogens with one attached hydrogen (secondary N) is 3. The van der Waals surface area contributed by atoms with Crippen LogP contribution in [0, 0.1) is 6.92 Å². The largest absolute Gasteiger partial charge is 0.384 e. The molecule has 3 N–H and O–H groups in total. The predicted molar refractivity (Wildman–Crippen MR) is 78.0 cm³/mol. The molecule has 20 heavy (non-hydrogen) atoms. The highest BCUT2D eigenvalue weighted by Crippen LogP contribution is 2.20. The second kappa shape index (κ2) is 6.06. The van der Waals surface area contributed by atoms with Gasteiger partial charge in [0, 0.05) is 24.3 Å². The fourth-order valence-corrected chi connectivity index (χ4v) is 3.03. The van der Waals surface area contributed by atoms with Crippen LogP contribution in [-0.4, -0.2) is 25.2 Å². The highest BCUT2D eigenvalue weighted by atomic mass is 32.2. The van der Waals surface area contributed by atoms with E-state index in [-0.39, 0.29) is 11.4 Å². The Morgan fingerprint density at radius 3 is 2.70 bits per heavy atom. The third-order valence-corrected chi connectivity index (χ3v) is 4.39. The lowest BCUT2D eigenvalue weighted by Gasteiger charge is -2.12. The number of aryl methyl sites for hydroxylation is 1. The van der Waals surface area contributed by atoms with Crippen molar-refractivity contribution in [3.8, 4) is 0 Å². The minimum absolute atomic E-state index is 0.213. The third kappa shape index (κ3) is 3.17. The van der Waals surface area contributed by atoms with Crippen molar-refractivity contribution in [2.45, 2.75) is 25.3 Å². The molecule has 1 aromatic heterocycles. The standard InChI is InChI=1S/C13H18N4O2S/c1-3-14-12-6-4-5-7-13(12)20(18,19)16-9-11-8-15-17-10(11)2/h4-8,14,16H,3,9H2,1-2H3,(H,15,17). The van der Waals surface area contributed by atoms with Gasteiger partial charge in [-0.3, -0.25) is 5.10 Å². The van der Waals surface area contributed by atoms with E-state index in [1.165, 1.54) is 0 Å². The maximum absolute atomic E-state index is 12.4. The zero-order chi connectivity index (χ0) is 14.6. The smallest absolute Gasteiger partial charge is 0.242 e. The lowest BCUT2D eigenvalue weighted by Crippen LogP contribution is -2.24. The van der Waals surface area contributed by atoms with Crippen molar-refractivity contribution in [3.63, 3.8) is 0 Å². The fraction of sp³-hybridized carbons (Fsp3) is 0.308. The van der Waals surface area contributed by atoms with Crippen LogP contribution in [-0.2, 0) is 16.6 Å². The van der Waals surface area contributed by atoms with E-state index in [0.717, 1.165) is 11.3 Å². The first kappa shape index (κ1) is 14.5. The summed E-state index contributed by atoms with van der Waals surface area (Å²) < 4.78 is 27.3. The number of sulfonamides is 1. The monoisotopic (exact) mass is 294 g/mol.